The lowest BCUT2D eigenvalue weighted by Crippen LogP contribution is -2.40. The summed E-state index contributed by atoms with van der Waals surface area (Å²) in [7, 11) is 0. The average molecular weight is 507 g/mol. The third kappa shape index (κ3) is 4.30. The second-order valence-electron chi connectivity index (χ2n) is 8.62. The molecule has 8 nitrogen and oxygen atoms in total. The Morgan fingerprint density at radius 1 is 1.22 bits per heavy atom. The molecule has 186 valence electrons. The van der Waals surface area contributed by atoms with Crippen LogP contribution in [0.5, 0.6) is 17.2 Å². The molecule has 9 heteroatoms. The van der Waals surface area contributed by atoms with Gasteiger partial charge in [0.1, 0.15) is 11.8 Å². The largest absolute Gasteiger partial charge is 0.491 e. The van der Waals surface area contributed by atoms with E-state index in [2.05, 4.69) is 4.99 Å². The Balaban J connectivity index is 1.71. The summed E-state index contributed by atoms with van der Waals surface area (Å²) in [4.78, 5) is 32.1. The van der Waals surface area contributed by atoms with Crippen LogP contribution in [0.2, 0.25) is 0 Å². The Bertz CT molecular complexity index is 1550. The summed E-state index contributed by atoms with van der Waals surface area (Å²) >= 11 is 1.27. The van der Waals surface area contributed by atoms with E-state index in [1.807, 2.05) is 56.3 Å². The van der Waals surface area contributed by atoms with E-state index in [-0.39, 0.29) is 25.1 Å². The summed E-state index contributed by atoms with van der Waals surface area (Å²) in [5, 5.41) is 0. The number of hydrogen-bond donors (Lipinski definition) is 0. The zero-order chi connectivity index (χ0) is 25.4. The molecule has 3 aromatic rings. The van der Waals surface area contributed by atoms with E-state index in [1.165, 1.54) is 11.3 Å². The van der Waals surface area contributed by atoms with Crippen LogP contribution in [0.4, 0.5) is 0 Å². The standard InChI is InChI=1S/C27H26N2O6S/c1-5-32-26(31)23-16(4)28-27-29(24(23)18-8-6-7-9-19(18)35-15(2)3)25(30)22(36-27)13-17-10-11-20-21(12-17)34-14-33-20/h6-13,15,24H,5,14H2,1-4H3/b22-13+/t24-/m0/s1. The number of esters is 1. The maximum absolute atomic E-state index is 13.8. The van der Waals surface area contributed by atoms with Gasteiger partial charge in [0.05, 0.1) is 28.5 Å². The van der Waals surface area contributed by atoms with Crippen molar-refractivity contribution in [2.45, 2.75) is 39.8 Å². The molecule has 3 heterocycles. The van der Waals surface area contributed by atoms with Crippen LogP contribution in [0.1, 0.15) is 44.9 Å². The molecule has 2 aromatic carbocycles. The van der Waals surface area contributed by atoms with Crippen LogP contribution < -0.4 is 29.1 Å². The summed E-state index contributed by atoms with van der Waals surface area (Å²) in [5.74, 6) is 1.40. The molecule has 2 aliphatic heterocycles. The molecule has 36 heavy (non-hydrogen) atoms. The van der Waals surface area contributed by atoms with Crippen molar-refractivity contribution in [1.29, 1.82) is 0 Å². The van der Waals surface area contributed by atoms with Gasteiger partial charge < -0.3 is 18.9 Å². The predicted molar refractivity (Wildman–Crippen MR) is 135 cm³/mol. The number of allylic oxidation sites excluding steroid dienone is 1. The summed E-state index contributed by atoms with van der Waals surface area (Å²) in [6, 6.07) is 12.2. The highest BCUT2D eigenvalue weighted by Crippen LogP contribution is 2.36. The molecule has 0 bridgehead atoms. The number of fused-ring (bicyclic) bond motifs is 2. The van der Waals surface area contributed by atoms with E-state index in [4.69, 9.17) is 18.9 Å². The zero-order valence-corrected chi connectivity index (χ0v) is 21.3. The highest BCUT2D eigenvalue weighted by molar-refractivity contribution is 7.07. The van der Waals surface area contributed by atoms with Crippen LogP contribution in [0, 0.1) is 0 Å². The minimum atomic E-state index is -0.742. The van der Waals surface area contributed by atoms with Crippen molar-refractivity contribution >= 4 is 23.4 Å². The number of ether oxygens (including phenoxy) is 4. The van der Waals surface area contributed by atoms with Gasteiger partial charge in [-0.15, -0.1) is 0 Å². The lowest BCUT2D eigenvalue weighted by atomic mass is 9.95. The molecular weight excluding hydrogens is 480 g/mol. The molecule has 5 rings (SSSR count). The summed E-state index contributed by atoms with van der Waals surface area (Å²) in [6.07, 6.45) is 1.70. The van der Waals surface area contributed by atoms with Gasteiger partial charge in [-0.05, 0) is 57.5 Å². The van der Waals surface area contributed by atoms with Crippen LogP contribution in [0.25, 0.3) is 6.08 Å². The van der Waals surface area contributed by atoms with Gasteiger partial charge in [0.2, 0.25) is 6.79 Å². The molecule has 0 amide bonds. The van der Waals surface area contributed by atoms with Gasteiger partial charge in [-0.3, -0.25) is 9.36 Å². The average Bonchev–Trinajstić information content (AvgIpc) is 3.42. The van der Waals surface area contributed by atoms with E-state index in [0.29, 0.717) is 43.4 Å². The molecule has 0 unspecified atom stereocenters. The summed E-state index contributed by atoms with van der Waals surface area (Å²) in [5.41, 5.74) is 2.06. The Labute approximate surface area is 211 Å². The number of thiazole rings is 1. The third-order valence-corrected chi connectivity index (χ3v) is 6.77. The monoisotopic (exact) mass is 506 g/mol. The molecule has 1 atom stereocenters. The second-order valence-corrected chi connectivity index (χ2v) is 9.63. The lowest BCUT2D eigenvalue weighted by Gasteiger charge is -2.26. The van der Waals surface area contributed by atoms with Crippen molar-refractivity contribution < 1.29 is 23.7 Å². The number of benzene rings is 2. The van der Waals surface area contributed by atoms with Gasteiger partial charge in [-0.2, -0.15) is 0 Å². The SMILES string of the molecule is CCOC(=O)C1=C(C)N=c2s/c(=C/c3ccc4c(c3)OCO4)c(=O)n2[C@H]1c1ccccc1OC(C)C. The van der Waals surface area contributed by atoms with Crippen LogP contribution >= 0.6 is 11.3 Å². The molecule has 0 aliphatic carbocycles. The summed E-state index contributed by atoms with van der Waals surface area (Å²) in [6.45, 7) is 7.76. The minimum absolute atomic E-state index is 0.0934. The molecule has 0 fully saturated rings. The molecule has 0 radical (unpaired) electrons. The van der Waals surface area contributed by atoms with Crippen LogP contribution in [0.15, 0.2) is 63.5 Å². The first kappa shape index (κ1) is 23.9. The number of aromatic nitrogens is 1. The van der Waals surface area contributed by atoms with Crippen molar-refractivity contribution in [2.24, 2.45) is 4.99 Å². The number of carbonyl (C=O) groups is 1. The fraction of sp³-hybridized carbons (Fsp3) is 0.296. The number of carbonyl (C=O) groups excluding carboxylic acids is 1. The molecule has 0 N–H and O–H groups in total. The topological polar surface area (TPSA) is 88.4 Å². The van der Waals surface area contributed by atoms with E-state index in [0.717, 1.165) is 5.56 Å². The molecular formula is C27H26N2O6S. The third-order valence-electron chi connectivity index (χ3n) is 5.79. The van der Waals surface area contributed by atoms with Gasteiger partial charge in [0.15, 0.2) is 16.3 Å². The van der Waals surface area contributed by atoms with Gasteiger partial charge in [-0.1, -0.05) is 35.6 Å². The van der Waals surface area contributed by atoms with E-state index in [9.17, 15) is 9.59 Å². The highest BCUT2D eigenvalue weighted by atomic mass is 32.1. The number of hydrogen-bond acceptors (Lipinski definition) is 8. The number of nitrogens with zero attached hydrogens (tertiary/aromatic N) is 2. The fourth-order valence-corrected chi connectivity index (χ4v) is 5.35. The van der Waals surface area contributed by atoms with Gasteiger partial charge in [-0.25, -0.2) is 9.79 Å². The van der Waals surface area contributed by atoms with Crippen molar-refractivity contribution in [3.63, 3.8) is 0 Å². The normalized spacial score (nSPS) is 16.7. The van der Waals surface area contributed by atoms with Gasteiger partial charge in [0.25, 0.3) is 5.56 Å². The van der Waals surface area contributed by atoms with Crippen molar-refractivity contribution in [1.82, 2.24) is 4.57 Å². The quantitative estimate of drug-likeness (QED) is 0.477. The number of rotatable bonds is 6. The lowest BCUT2D eigenvalue weighted by molar-refractivity contribution is -0.139. The first-order chi connectivity index (χ1) is 17.4. The molecule has 1 aromatic heterocycles. The summed E-state index contributed by atoms with van der Waals surface area (Å²) < 4.78 is 24.4. The highest BCUT2D eigenvalue weighted by Gasteiger charge is 2.35. The maximum atomic E-state index is 13.8. The first-order valence-corrected chi connectivity index (χ1v) is 12.5. The van der Waals surface area contributed by atoms with Crippen LogP contribution in [-0.2, 0) is 9.53 Å². The van der Waals surface area contributed by atoms with Crippen molar-refractivity contribution in [3.8, 4) is 17.2 Å². The molecule has 0 spiro atoms. The molecule has 0 saturated heterocycles. The Hall–Kier alpha value is -3.85. The van der Waals surface area contributed by atoms with E-state index >= 15 is 0 Å². The van der Waals surface area contributed by atoms with Crippen LogP contribution in [0.3, 0.4) is 0 Å². The first-order valence-electron chi connectivity index (χ1n) is 11.7. The van der Waals surface area contributed by atoms with Crippen LogP contribution in [-0.4, -0.2) is 30.0 Å². The van der Waals surface area contributed by atoms with Crippen molar-refractivity contribution in [2.75, 3.05) is 13.4 Å². The minimum Gasteiger partial charge on any atom is -0.491 e. The molecule has 2 aliphatic rings. The Morgan fingerprint density at radius 2 is 2.00 bits per heavy atom. The fourth-order valence-electron chi connectivity index (χ4n) is 4.31. The second kappa shape index (κ2) is 9.66. The zero-order valence-electron chi connectivity index (χ0n) is 20.4. The van der Waals surface area contributed by atoms with Gasteiger partial charge >= 0.3 is 5.97 Å². The predicted octanol–water partition coefficient (Wildman–Crippen LogP) is 3.31. The maximum Gasteiger partial charge on any atom is 0.338 e. The van der Waals surface area contributed by atoms with E-state index in [1.54, 1.807) is 24.5 Å². The molecule has 0 saturated carbocycles. The number of para-hydroxylation sites is 1. The smallest absolute Gasteiger partial charge is 0.338 e. The van der Waals surface area contributed by atoms with Gasteiger partial charge in [0, 0.05) is 5.56 Å². The Morgan fingerprint density at radius 3 is 2.78 bits per heavy atom. The van der Waals surface area contributed by atoms with Crippen molar-refractivity contribution in [3.05, 3.63) is 84.5 Å². The Kier molecular flexibility index (Phi) is 6.40. The van der Waals surface area contributed by atoms with E-state index < -0.39 is 12.0 Å².